The van der Waals surface area contributed by atoms with Crippen molar-refractivity contribution in [3.63, 3.8) is 0 Å². The molecule has 1 aliphatic carbocycles. The number of amidine groups is 1. The number of oxime groups is 1. The average molecular weight is 563 g/mol. The summed E-state index contributed by atoms with van der Waals surface area (Å²) in [5.41, 5.74) is 16.7. The molecule has 2 aromatic carbocycles. The lowest BCUT2D eigenvalue weighted by atomic mass is 9.85. The second kappa shape index (κ2) is 14.6. The topological polar surface area (TPSA) is 138 Å². The van der Waals surface area contributed by atoms with Crippen LogP contribution in [0.25, 0.3) is 0 Å². The van der Waals surface area contributed by atoms with Gasteiger partial charge in [-0.15, -0.1) is 0 Å². The predicted octanol–water partition coefficient (Wildman–Crippen LogP) is 5.60. The lowest BCUT2D eigenvalue weighted by molar-refractivity contribution is 0.187. The van der Waals surface area contributed by atoms with Gasteiger partial charge < -0.3 is 27.3 Å². The summed E-state index contributed by atoms with van der Waals surface area (Å²) in [5.74, 6) is 1.17. The second-order valence-corrected chi connectivity index (χ2v) is 11.0. The van der Waals surface area contributed by atoms with E-state index in [1.54, 1.807) is 12.1 Å². The highest BCUT2D eigenvalue weighted by molar-refractivity contribution is 5.95. The van der Waals surface area contributed by atoms with Crippen LogP contribution < -0.4 is 22.1 Å². The van der Waals surface area contributed by atoms with Crippen molar-refractivity contribution in [3.8, 4) is 0 Å². The zero-order chi connectivity index (χ0) is 29.2. The molecule has 2 heterocycles. The molecule has 2 aliphatic rings. The van der Waals surface area contributed by atoms with Gasteiger partial charge in [-0.25, -0.2) is 14.4 Å². The van der Waals surface area contributed by atoms with Crippen LogP contribution in [0.3, 0.4) is 0 Å². The number of nitrogens with one attached hydrogen (secondary N) is 2. The SMILES string of the molecule is Cc1ccc(C2CCCCN2C)cc1.N/C(=N\O)c1nc(N)c(NCc2ccc(CF)cc2)c(NCC2CCC2)n1. The molecule has 1 saturated carbocycles. The molecule has 1 unspecified atom stereocenters. The molecule has 41 heavy (non-hydrogen) atoms. The van der Waals surface area contributed by atoms with Crippen LogP contribution in [-0.2, 0) is 13.2 Å². The number of hydrogen-bond acceptors (Lipinski definition) is 8. The number of piperidine rings is 1. The van der Waals surface area contributed by atoms with Crippen molar-refractivity contribution in [1.29, 1.82) is 0 Å². The predicted molar refractivity (Wildman–Crippen MR) is 164 cm³/mol. The molecule has 7 N–H and O–H groups in total. The molecule has 0 amide bonds. The lowest BCUT2D eigenvalue weighted by Crippen LogP contribution is -2.29. The van der Waals surface area contributed by atoms with E-state index < -0.39 is 6.67 Å². The molecule has 10 heteroatoms. The normalized spacial score (nSPS) is 17.7. The van der Waals surface area contributed by atoms with E-state index in [-0.39, 0.29) is 17.5 Å². The van der Waals surface area contributed by atoms with E-state index >= 15 is 0 Å². The van der Waals surface area contributed by atoms with Crippen LogP contribution in [0.2, 0.25) is 0 Å². The number of alkyl halides is 1. The van der Waals surface area contributed by atoms with Gasteiger partial charge in [0.05, 0.1) is 0 Å². The Balaban J connectivity index is 0.000000231. The highest BCUT2D eigenvalue weighted by Crippen LogP contribution is 2.31. The Morgan fingerprint density at radius 2 is 1.71 bits per heavy atom. The summed E-state index contributed by atoms with van der Waals surface area (Å²) in [6.07, 6.45) is 7.67. The molecular formula is C31H43FN8O. The van der Waals surface area contributed by atoms with E-state index in [0.717, 1.165) is 12.1 Å². The number of nitrogen functional groups attached to an aromatic ring is 1. The minimum Gasteiger partial charge on any atom is -0.409 e. The van der Waals surface area contributed by atoms with Crippen molar-refractivity contribution in [2.24, 2.45) is 16.8 Å². The van der Waals surface area contributed by atoms with Crippen molar-refractivity contribution >= 4 is 23.2 Å². The van der Waals surface area contributed by atoms with E-state index in [4.69, 9.17) is 16.7 Å². The molecule has 3 aromatic rings. The van der Waals surface area contributed by atoms with Gasteiger partial charge in [0.25, 0.3) is 0 Å². The summed E-state index contributed by atoms with van der Waals surface area (Å²) in [6, 6.07) is 16.8. The number of halogens is 1. The Hall–Kier alpha value is -3.92. The van der Waals surface area contributed by atoms with Crippen LogP contribution in [0.4, 0.5) is 21.7 Å². The van der Waals surface area contributed by atoms with Gasteiger partial charge in [-0.05, 0) is 68.8 Å². The molecule has 1 aliphatic heterocycles. The van der Waals surface area contributed by atoms with Gasteiger partial charge in [0.2, 0.25) is 11.7 Å². The molecule has 0 bridgehead atoms. The first-order chi connectivity index (χ1) is 19.9. The molecule has 0 spiro atoms. The standard InChI is InChI=1S/C18H24FN7O.C13H19N/c19-8-11-4-6-13(7-5-11)9-22-14-15(20)24-18(16(21)26-27)25-17(14)23-10-12-2-1-3-12;1-11-6-8-12(9-7-11)13-5-3-4-10-14(13)2/h4-7,12,22,27H,1-3,8-10H2,(H2,21,26)(H3,20,23,24,25);6-9,13H,3-5,10H2,1-2H3. The summed E-state index contributed by atoms with van der Waals surface area (Å²) < 4.78 is 12.6. The molecule has 1 aromatic heterocycles. The van der Waals surface area contributed by atoms with E-state index in [2.05, 4.69) is 68.9 Å². The summed E-state index contributed by atoms with van der Waals surface area (Å²) >= 11 is 0. The molecule has 5 rings (SSSR count). The Bertz CT molecular complexity index is 1280. The maximum absolute atomic E-state index is 12.6. The zero-order valence-electron chi connectivity index (χ0n) is 24.1. The third-order valence-corrected chi connectivity index (χ3v) is 7.94. The molecule has 9 nitrogen and oxygen atoms in total. The van der Waals surface area contributed by atoms with Crippen molar-refractivity contribution in [2.45, 2.75) is 64.7 Å². The number of anilines is 3. The summed E-state index contributed by atoms with van der Waals surface area (Å²) in [5, 5.41) is 18.3. The number of aromatic nitrogens is 2. The summed E-state index contributed by atoms with van der Waals surface area (Å²) in [6.45, 7) is 4.15. The van der Waals surface area contributed by atoms with Crippen LogP contribution in [0, 0.1) is 12.8 Å². The number of nitrogens with two attached hydrogens (primary N) is 2. The molecule has 1 atom stereocenters. The van der Waals surface area contributed by atoms with Crippen LogP contribution in [-0.4, -0.2) is 46.0 Å². The highest BCUT2D eigenvalue weighted by atomic mass is 19.1. The van der Waals surface area contributed by atoms with Crippen LogP contribution >= 0.6 is 0 Å². The fourth-order valence-corrected chi connectivity index (χ4v) is 5.10. The van der Waals surface area contributed by atoms with Crippen molar-refractivity contribution in [2.75, 3.05) is 36.5 Å². The number of aryl methyl sites for hydroxylation is 1. The third kappa shape index (κ3) is 8.29. The molecule has 0 radical (unpaired) electrons. The first-order valence-corrected chi connectivity index (χ1v) is 14.4. The molecular weight excluding hydrogens is 519 g/mol. The number of benzene rings is 2. The molecule has 2 fully saturated rings. The zero-order valence-corrected chi connectivity index (χ0v) is 24.1. The van der Waals surface area contributed by atoms with Gasteiger partial charge >= 0.3 is 0 Å². The lowest BCUT2D eigenvalue weighted by Gasteiger charge is -2.32. The summed E-state index contributed by atoms with van der Waals surface area (Å²) in [4.78, 5) is 10.9. The molecule has 220 valence electrons. The fourth-order valence-electron chi connectivity index (χ4n) is 5.10. The number of hydrogen-bond donors (Lipinski definition) is 5. The maximum Gasteiger partial charge on any atom is 0.208 e. The number of rotatable bonds is 9. The number of nitrogens with zero attached hydrogens (tertiary/aromatic N) is 4. The van der Waals surface area contributed by atoms with Crippen molar-refractivity contribution < 1.29 is 9.60 Å². The maximum atomic E-state index is 12.6. The van der Waals surface area contributed by atoms with Gasteiger partial charge in [0, 0.05) is 19.1 Å². The molecule has 1 saturated heterocycles. The second-order valence-electron chi connectivity index (χ2n) is 11.0. The van der Waals surface area contributed by atoms with Crippen LogP contribution in [0.1, 0.15) is 72.6 Å². The quantitative estimate of drug-likeness (QED) is 0.0984. The van der Waals surface area contributed by atoms with Gasteiger partial charge in [0.15, 0.2) is 11.6 Å². The minimum atomic E-state index is -0.487. The van der Waals surface area contributed by atoms with Gasteiger partial charge in [-0.3, -0.25) is 4.90 Å². The van der Waals surface area contributed by atoms with Crippen molar-refractivity contribution in [3.05, 3.63) is 76.6 Å². The first-order valence-electron chi connectivity index (χ1n) is 14.4. The Morgan fingerprint density at radius 3 is 2.32 bits per heavy atom. The number of likely N-dealkylation sites (tertiary alicyclic amines) is 1. The first kappa shape index (κ1) is 30.0. The van der Waals surface area contributed by atoms with Gasteiger partial charge in [0.1, 0.15) is 12.4 Å². The Morgan fingerprint density at radius 1 is 1.00 bits per heavy atom. The largest absolute Gasteiger partial charge is 0.409 e. The highest BCUT2D eigenvalue weighted by Gasteiger charge is 2.21. The smallest absolute Gasteiger partial charge is 0.208 e. The summed E-state index contributed by atoms with van der Waals surface area (Å²) in [7, 11) is 2.24. The Kier molecular flexibility index (Phi) is 10.7. The van der Waals surface area contributed by atoms with Crippen LogP contribution in [0.5, 0.6) is 0 Å². The van der Waals surface area contributed by atoms with E-state index in [9.17, 15) is 4.39 Å². The van der Waals surface area contributed by atoms with Crippen molar-refractivity contribution in [1.82, 2.24) is 14.9 Å². The Labute approximate surface area is 242 Å². The van der Waals surface area contributed by atoms with Gasteiger partial charge in [-0.2, -0.15) is 0 Å². The fraction of sp³-hybridized carbons (Fsp3) is 0.452. The minimum absolute atomic E-state index is 0.0592. The van der Waals surface area contributed by atoms with E-state index in [0.29, 0.717) is 35.6 Å². The average Bonchev–Trinajstić information content (AvgIpc) is 2.96. The monoisotopic (exact) mass is 562 g/mol. The van der Waals surface area contributed by atoms with E-state index in [1.165, 1.54) is 56.2 Å². The third-order valence-electron chi connectivity index (χ3n) is 7.94. The van der Waals surface area contributed by atoms with Gasteiger partial charge in [-0.1, -0.05) is 72.1 Å². The van der Waals surface area contributed by atoms with E-state index in [1.807, 2.05) is 12.1 Å². The van der Waals surface area contributed by atoms with Crippen LogP contribution in [0.15, 0.2) is 53.7 Å².